The monoisotopic (exact) mass is 228 g/mol. The first-order chi connectivity index (χ1) is 7.67. The number of urea groups is 1. The topological polar surface area (TPSA) is 52.6 Å². The smallest absolute Gasteiger partial charge is 0.317 e. The van der Waals surface area contributed by atoms with Crippen molar-refractivity contribution in [1.29, 1.82) is 0 Å². The maximum atomic E-state index is 11.9. The average Bonchev–Trinajstić information content (AvgIpc) is 2.29. The highest BCUT2D eigenvalue weighted by molar-refractivity contribution is 5.74. The lowest BCUT2D eigenvalue weighted by Gasteiger charge is -2.33. The molecule has 0 unspecified atom stereocenters. The summed E-state index contributed by atoms with van der Waals surface area (Å²) >= 11 is 0. The molecular formula is C12H24N2O2. The van der Waals surface area contributed by atoms with Crippen molar-refractivity contribution in [1.82, 2.24) is 10.2 Å². The lowest BCUT2D eigenvalue weighted by molar-refractivity contribution is 0.148. The van der Waals surface area contributed by atoms with Crippen molar-refractivity contribution >= 4 is 6.03 Å². The van der Waals surface area contributed by atoms with Gasteiger partial charge in [0.2, 0.25) is 0 Å². The molecule has 4 heteroatoms. The lowest BCUT2D eigenvalue weighted by atomic mass is 9.95. The first-order valence-corrected chi connectivity index (χ1v) is 6.33. The molecule has 94 valence electrons. The van der Waals surface area contributed by atoms with E-state index >= 15 is 0 Å². The van der Waals surface area contributed by atoms with E-state index in [1.165, 1.54) is 0 Å². The summed E-state index contributed by atoms with van der Waals surface area (Å²) in [4.78, 5) is 13.8. The molecule has 1 aliphatic heterocycles. The molecule has 0 saturated carbocycles. The predicted octanol–water partition coefficient (Wildman–Crippen LogP) is 1.59. The summed E-state index contributed by atoms with van der Waals surface area (Å²) in [6.07, 6.45) is 3.96. The molecule has 0 aromatic heterocycles. The van der Waals surface area contributed by atoms with E-state index in [0.29, 0.717) is 5.92 Å². The molecule has 0 spiro atoms. The SMILES string of the molecule is CC[C@H](C)NC(=O)N1CCC[C@@H](CCO)C1. The minimum atomic E-state index is 0.0528. The summed E-state index contributed by atoms with van der Waals surface area (Å²) in [5.41, 5.74) is 0. The van der Waals surface area contributed by atoms with Crippen LogP contribution in [0.25, 0.3) is 0 Å². The minimum Gasteiger partial charge on any atom is -0.396 e. The summed E-state index contributed by atoms with van der Waals surface area (Å²) in [6.45, 7) is 5.96. The fourth-order valence-electron chi connectivity index (χ4n) is 2.07. The quantitative estimate of drug-likeness (QED) is 0.767. The van der Waals surface area contributed by atoms with Gasteiger partial charge < -0.3 is 15.3 Å². The molecule has 0 aromatic carbocycles. The van der Waals surface area contributed by atoms with Gasteiger partial charge >= 0.3 is 6.03 Å². The molecule has 0 radical (unpaired) electrons. The van der Waals surface area contributed by atoms with Crippen LogP contribution in [0, 0.1) is 5.92 Å². The number of aliphatic hydroxyl groups excluding tert-OH is 1. The van der Waals surface area contributed by atoms with Gasteiger partial charge in [-0.1, -0.05) is 6.92 Å². The molecule has 4 nitrogen and oxygen atoms in total. The van der Waals surface area contributed by atoms with Gasteiger partial charge in [0.15, 0.2) is 0 Å². The number of piperidine rings is 1. The maximum absolute atomic E-state index is 11.9. The fraction of sp³-hybridized carbons (Fsp3) is 0.917. The Hall–Kier alpha value is -0.770. The molecule has 16 heavy (non-hydrogen) atoms. The zero-order valence-electron chi connectivity index (χ0n) is 10.4. The molecule has 2 atom stereocenters. The molecule has 0 bridgehead atoms. The van der Waals surface area contributed by atoms with Crippen molar-refractivity contribution in [3.63, 3.8) is 0 Å². The van der Waals surface area contributed by atoms with E-state index in [0.717, 1.165) is 38.8 Å². The summed E-state index contributed by atoms with van der Waals surface area (Å²) in [5, 5.41) is 11.9. The molecule has 1 aliphatic rings. The van der Waals surface area contributed by atoms with E-state index in [1.54, 1.807) is 0 Å². The van der Waals surface area contributed by atoms with E-state index in [2.05, 4.69) is 12.2 Å². The average molecular weight is 228 g/mol. The van der Waals surface area contributed by atoms with Gasteiger partial charge in [0.05, 0.1) is 0 Å². The number of nitrogens with one attached hydrogen (secondary N) is 1. The van der Waals surface area contributed by atoms with Crippen molar-refractivity contribution in [3.05, 3.63) is 0 Å². The molecule has 0 aromatic rings. The highest BCUT2D eigenvalue weighted by atomic mass is 16.3. The van der Waals surface area contributed by atoms with E-state index in [4.69, 9.17) is 5.11 Å². The van der Waals surface area contributed by atoms with Crippen LogP contribution < -0.4 is 5.32 Å². The fourth-order valence-corrected chi connectivity index (χ4v) is 2.07. The van der Waals surface area contributed by atoms with Gasteiger partial charge in [-0.05, 0) is 38.5 Å². The number of rotatable bonds is 4. The van der Waals surface area contributed by atoms with Crippen LogP contribution in [0.4, 0.5) is 4.79 Å². The second kappa shape index (κ2) is 6.74. The van der Waals surface area contributed by atoms with Crippen LogP contribution in [0.1, 0.15) is 39.5 Å². The van der Waals surface area contributed by atoms with Crippen LogP contribution in [0.15, 0.2) is 0 Å². The summed E-state index contributed by atoms with van der Waals surface area (Å²) in [7, 11) is 0. The zero-order chi connectivity index (χ0) is 12.0. The zero-order valence-corrected chi connectivity index (χ0v) is 10.4. The Morgan fingerprint density at radius 3 is 3.00 bits per heavy atom. The van der Waals surface area contributed by atoms with Gasteiger partial charge in [0.25, 0.3) is 0 Å². The number of nitrogens with zero attached hydrogens (tertiary/aromatic N) is 1. The minimum absolute atomic E-state index is 0.0528. The normalized spacial score (nSPS) is 22.9. The van der Waals surface area contributed by atoms with E-state index in [-0.39, 0.29) is 18.7 Å². The van der Waals surface area contributed by atoms with Gasteiger partial charge in [-0.2, -0.15) is 0 Å². The van der Waals surface area contributed by atoms with Crippen LogP contribution in [0.3, 0.4) is 0 Å². The van der Waals surface area contributed by atoms with Crippen LogP contribution in [-0.2, 0) is 0 Å². The number of hydrogen-bond acceptors (Lipinski definition) is 2. The van der Waals surface area contributed by atoms with Gasteiger partial charge in [0, 0.05) is 25.7 Å². The Bertz CT molecular complexity index is 219. The van der Waals surface area contributed by atoms with Crippen molar-refractivity contribution in [3.8, 4) is 0 Å². The number of likely N-dealkylation sites (tertiary alicyclic amines) is 1. The molecule has 1 rings (SSSR count). The Morgan fingerprint density at radius 1 is 1.62 bits per heavy atom. The van der Waals surface area contributed by atoms with Crippen LogP contribution in [0.2, 0.25) is 0 Å². The third-order valence-corrected chi connectivity index (χ3v) is 3.33. The maximum Gasteiger partial charge on any atom is 0.317 e. The third kappa shape index (κ3) is 4.00. The summed E-state index contributed by atoms with van der Waals surface area (Å²) in [6, 6.07) is 0.294. The second-order valence-electron chi connectivity index (χ2n) is 4.73. The first kappa shape index (κ1) is 13.3. The molecule has 0 aliphatic carbocycles. The summed E-state index contributed by atoms with van der Waals surface area (Å²) < 4.78 is 0. The van der Waals surface area contributed by atoms with Crippen LogP contribution in [0.5, 0.6) is 0 Å². The molecule has 1 heterocycles. The van der Waals surface area contributed by atoms with Crippen molar-refractivity contribution < 1.29 is 9.90 Å². The predicted molar refractivity (Wildman–Crippen MR) is 64.3 cm³/mol. The number of aliphatic hydroxyl groups is 1. The molecule has 1 saturated heterocycles. The second-order valence-corrected chi connectivity index (χ2v) is 4.73. The van der Waals surface area contributed by atoms with Gasteiger partial charge in [-0.15, -0.1) is 0 Å². The van der Waals surface area contributed by atoms with Gasteiger partial charge in [-0.25, -0.2) is 4.79 Å². The van der Waals surface area contributed by atoms with E-state index < -0.39 is 0 Å². The molecule has 2 N–H and O–H groups in total. The number of carbonyl (C=O) groups is 1. The van der Waals surface area contributed by atoms with E-state index in [1.807, 2.05) is 11.8 Å². The van der Waals surface area contributed by atoms with Gasteiger partial charge in [0.1, 0.15) is 0 Å². The van der Waals surface area contributed by atoms with Crippen molar-refractivity contribution in [2.24, 2.45) is 5.92 Å². The van der Waals surface area contributed by atoms with Gasteiger partial charge in [-0.3, -0.25) is 0 Å². The Kier molecular flexibility index (Phi) is 5.60. The molecule has 1 fully saturated rings. The summed E-state index contributed by atoms with van der Waals surface area (Å²) in [5.74, 6) is 0.474. The molecule has 2 amide bonds. The van der Waals surface area contributed by atoms with Crippen molar-refractivity contribution in [2.75, 3.05) is 19.7 Å². The largest absolute Gasteiger partial charge is 0.396 e. The highest BCUT2D eigenvalue weighted by Crippen LogP contribution is 2.19. The first-order valence-electron chi connectivity index (χ1n) is 6.33. The van der Waals surface area contributed by atoms with Crippen LogP contribution in [-0.4, -0.2) is 41.8 Å². The highest BCUT2D eigenvalue weighted by Gasteiger charge is 2.23. The lowest BCUT2D eigenvalue weighted by Crippen LogP contribution is -2.48. The number of amides is 2. The van der Waals surface area contributed by atoms with Crippen LogP contribution >= 0.6 is 0 Å². The third-order valence-electron chi connectivity index (χ3n) is 3.33. The number of carbonyl (C=O) groups excluding carboxylic acids is 1. The number of hydrogen-bond donors (Lipinski definition) is 2. The Balaban J connectivity index is 2.37. The van der Waals surface area contributed by atoms with Crippen molar-refractivity contribution in [2.45, 2.75) is 45.6 Å². The molecular weight excluding hydrogens is 204 g/mol. The standard InChI is InChI=1S/C12H24N2O2/c1-3-10(2)13-12(16)14-7-4-5-11(9-14)6-8-15/h10-11,15H,3-9H2,1-2H3,(H,13,16)/t10-,11-/m0/s1. The Morgan fingerprint density at radius 2 is 2.38 bits per heavy atom. The van der Waals surface area contributed by atoms with E-state index in [9.17, 15) is 4.79 Å². The Labute approximate surface area is 98.0 Å².